The minimum Gasteiger partial charge on any atom is -0.493 e. The van der Waals surface area contributed by atoms with Crippen LogP contribution in [0.3, 0.4) is 0 Å². The standard InChI is InChI=1S/C14H21FO2/c1-10(2)5-4-8-17-14-9-12(15)6-7-13(14)11(3)16/h6-7,9-11,16H,4-5,8H2,1-3H3/t11-/m1/s1. The van der Waals surface area contributed by atoms with Gasteiger partial charge in [0.25, 0.3) is 0 Å². The van der Waals surface area contributed by atoms with Gasteiger partial charge in [-0.3, -0.25) is 0 Å². The Morgan fingerprint density at radius 3 is 2.59 bits per heavy atom. The van der Waals surface area contributed by atoms with Gasteiger partial charge in [-0.2, -0.15) is 0 Å². The second-order valence-corrected chi connectivity index (χ2v) is 4.74. The molecule has 0 aliphatic rings. The number of ether oxygens (including phenoxy) is 1. The van der Waals surface area contributed by atoms with Gasteiger partial charge in [0.2, 0.25) is 0 Å². The molecular weight excluding hydrogens is 219 g/mol. The number of benzene rings is 1. The van der Waals surface area contributed by atoms with Gasteiger partial charge >= 0.3 is 0 Å². The fourth-order valence-electron chi connectivity index (χ4n) is 1.65. The first-order valence-corrected chi connectivity index (χ1v) is 6.11. The van der Waals surface area contributed by atoms with Crippen LogP contribution in [0.5, 0.6) is 5.75 Å². The molecule has 1 aromatic carbocycles. The predicted molar refractivity (Wildman–Crippen MR) is 66.6 cm³/mol. The van der Waals surface area contributed by atoms with Crippen molar-refractivity contribution in [3.63, 3.8) is 0 Å². The summed E-state index contributed by atoms with van der Waals surface area (Å²) < 4.78 is 18.6. The molecule has 0 radical (unpaired) electrons. The summed E-state index contributed by atoms with van der Waals surface area (Å²) in [6.45, 7) is 6.52. The summed E-state index contributed by atoms with van der Waals surface area (Å²) in [6.07, 6.45) is 1.38. The van der Waals surface area contributed by atoms with Gasteiger partial charge in [0, 0.05) is 11.6 Å². The van der Waals surface area contributed by atoms with Crippen molar-refractivity contribution in [2.75, 3.05) is 6.61 Å². The molecule has 0 aromatic heterocycles. The largest absolute Gasteiger partial charge is 0.493 e. The van der Waals surface area contributed by atoms with E-state index < -0.39 is 6.10 Å². The molecule has 96 valence electrons. The monoisotopic (exact) mass is 240 g/mol. The summed E-state index contributed by atoms with van der Waals surface area (Å²) in [5.41, 5.74) is 0.635. The third kappa shape index (κ3) is 4.73. The van der Waals surface area contributed by atoms with E-state index >= 15 is 0 Å². The first-order valence-electron chi connectivity index (χ1n) is 6.11. The number of halogens is 1. The Kier molecular flexibility index (Phi) is 5.42. The second-order valence-electron chi connectivity index (χ2n) is 4.74. The van der Waals surface area contributed by atoms with E-state index in [1.54, 1.807) is 13.0 Å². The van der Waals surface area contributed by atoms with Gasteiger partial charge in [0.15, 0.2) is 0 Å². The van der Waals surface area contributed by atoms with E-state index in [1.165, 1.54) is 12.1 Å². The third-order valence-corrected chi connectivity index (χ3v) is 2.61. The van der Waals surface area contributed by atoms with E-state index in [4.69, 9.17) is 4.74 Å². The molecule has 1 N–H and O–H groups in total. The topological polar surface area (TPSA) is 29.5 Å². The molecule has 0 fully saturated rings. The highest BCUT2D eigenvalue weighted by molar-refractivity contribution is 5.35. The van der Waals surface area contributed by atoms with Crippen LogP contribution >= 0.6 is 0 Å². The number of hydrogen-bond acceptors (Lipinski definition) is 2. The van der Waals surface area contributed by atoms with Gasteiger partial charge in [-0.1, -0.05) is 13.8 Å². The van der Waals surface area contributed by atoms with E-state index in [9.17, 15) is 9.50 Å². The fourth-order valence-corrected chi connectivity index (χ4v) is 1.65. The van der Waals surface area contributed by atoms with Crippen molar-refractivity contribution < 1.29 is 14.2 Å². The maximum Gasteiger partial charge on any atom is 0.127 e. The van der Waals surface area contributed by atoms with Crippen LogP contribution < -0.4 is 4.74 Å². The van der Waals surface area contributed by atoms with Crippen molar-refractivity contribution in [3.8, 4) is 5.75 Å². The zero-order valence-corrected chi connectivity index (χ0v) is 10.7. The van der Waals surface area contributed by atoms with Crippen LogP contribution in [0.2, 0.25) is 0 Å². The molecule has 1 rings (SSSR count). The molecule has 17 heavy (non-hydrogen) atoms. The molecule has 3 heteroatoms. The summed E-state index contributed by atoms with van der Waals surface area (Å²) in [5.74, 6) is 0.749. The molecule has 2 nitrogen and oxygen atoms in total. The first-order chi connectivity index (χ1) is 8.00. The zero-order chi connectivity index (χ0) is 12.8. The number of aliphatic hydroxyl groups excluding tert-OH is 1. The molecule has 0 unspecified atom stereocenters. The Labute approximate surface area is 102 Å². The van der Waals surface area contributed by atoms with Crippen LogP contribution in [0, 0.1) is 11.7 Å². The quantitative estimate of drug-likeness (QED) is 0.768. The zero-order valence-electron chi connectivity index (χ0n) is 10.7. The second kappa shape index (κ2) is 6.60. The fraction of sp³-hybridized carbons (Fsp3) is 0.571. The molecule has 0 saturated heterocycles. The highest BCUT2D eigenvalue weighted by Crippen LogP contribution is 2.26. The molecule has 1 atom stereocenters. The molecule has 1 aromatic rings. The van der Waals surface area contributed by atoms with Crippen LogP contribution in [-0.4, -0.2) is 11.7 Å². The average Bonchev–Trinajstić information content (AvgIpc) is 2.23. The van der Waals surface area contributed by atoms with Crippen molar-refractivity contribution in [2.45, 2.75) is 39.7 Å². The molecule has 0 bridgehead atoms. The number of aliphatic hydroxyl groups is 1. The Morgan fingerprint density at radius 1 is 1.29 bits per heavy atom. The van der Waals surface area contributed by atoms with Crippen molar-refractivity contribution in [2.24, 2.45) is 5.92 Å². The molecule has 0 saturated carbocycles. The third-order valence-electron chi connectivity index (χ3n) is 2.61. The van der Waals surface area contributed by atoms with Gasteiger partial charge in [-0.15, -0.1) is 0 Å². The Bertz CT molecular complexity index is 348. The van der Waals surface area contributed by atoms with Crippen LogP contribution in [0.15, 0.2) is 18.2 Å². The average molecular weight is 240 g/mol. The predicted octanol–water partition coefficient (Wildman–Crippen LogP) is 3.69. The van der Waals surface area contributed by atoms with E-state index in [0.29, 0.717) is 23.8 Å². The van der Waals surface area contributed by atoms with Gasteiger partial charge < -0.3 is 9.84 Å². The summed E-state index contributed by atoms with van der Waals surface area (Å²) in [6, 6.07) is 4.23. The molecule has 0 aliphatic heterocycles. The maximum absolute atomic E-state index is 13.1. The lowest BCUT2D eigenvalue weighted by molar-refractivity contribution is 0.190. The Balaban J connectivity index is 2.59. The summed E-state index contributed by atoms with van der Waals surface area (Å²) in [4.78, 5) is 0. The minimum atomic E-state index is -0.643. The van der Waals surface area contributed by atoms with Gasteiger partial charge in [0.1, 0.15) is 11.6 Å². The number of hydrogen-bond donors (Lipinski definition) is 1. The minimum absolute atomic E-state index is 0.340. The van der Waals surface area contributed by atoms with E-state index in [0.717, 1.165) is 12.8 Å². The van der Waals surface area contributed by atoms with Crippen molar-refractivity contribution in [1.82, 2.24) is 0 Å². The molecule has 0 heterocycles. The normalized spacial score (nSPS) is 12.8. The highest BCUT2D eigenvalue weighted by Gasteiger charge is 2.10. The Hall–Kier alpha value is -1.09. The van der Waals surface area contributed by atoms with Gasteiger partial charge in [-0.25, -0.2) is 4.39 Å². The summed E-state index contributed by atoms with van der Waals surface area (Å²) >= 11 is 0. The Morgan fingerprint density at radius 2 is 2.00 bits per heavy atom. The van der Waals surface area contributed by atoms with Crippen molar-refractivity contribution in [3.05, 3.63) is 29.6 Å². The maximum atomic E-state index is 13.1. The summed E-state index contributed by atoms with van der Waals surface area (Å²) in [5, 5.41) is 9.54. The smallest absolute Gasteiger partial charge is 0.127 e. The first kappa shape index (κ1) is 14.0. The lowest BCUT2D eigenvalue weighted by Crippen LogP contribution is -2.04. The van der Waals surface area contributed by atoms with Crippen LogP contribution in [0.1, 0.15) is 45.3 Å². The lowest BCUT2D eigenvalue weighted by atomic mass is 10.1. The number of rotatable bonds is 6. The van der Waals surface area contributed by atoms with Gasteiger partial charge in [-0.05, 0) is 37.8 Å². The van der Waals surface area contributed by atoms with Crippen LogP contribution in [0.25, 0.3) is 0 Å². The molecular formula is C14H21FO2. The summed E-state index contributed by atoms with van der Waals surface area (Å²) in [7, 11) is 0. The molecule has 0 aliphatic carbocycles. The van der Waals surface area contributed by atoms with Crippen molar-refractivity contribution in [1.29, 1.82) is 0 Å². The molecule has 0 amide bonds. The van der Waals surface area contributed by atoms with E-state index in [2.05, 4.69) is 13.8 Å². The lowest BCUT2D eigenvalue weighted by Gasteiger charge is -2.14. The van der Waals surface area contributed by atoms with E-state index in [-0.39, 0.29) is 5.82 Å². The van der Waals surface area contributed by atoms with Crippen LogP contribution in [0.4, 0.5) is 4.39 Å². The molecule has 0 spiro atoms. The highest BCUT2D eigenvalue weighted by atomic mass is 19.1. The van der Waals surface area contributed by atoms with Gasteiger partial charge in [0.05, 0.1) is 12.7 Å². The van der Waals surface area contributed by atoms with Crippen molar-refractivity contribution >= 4 is 0 Å². The SMILES string of the molecule is CC(C)CCCOc1cc(F)ccc1[C@@H](C)O. The van der Waals surface area contributed by atoms with E-state index in [1.807, 2.05) is 0 Å². The van der Waals surface area contributed by atoms with Crippen LogP contribution in [-0.2, 0) is 0 Å².